The highest BCUT2D eigenvalue weighted by Crippen LogP contribution is 2.19. The fraction of sp³-hybridized carbons (Fsp3) is 0.909. The Morgan fingerprint density at radius 3 is 2.80 bits per heavy atom. The van der Waals surface area contributed by atoms with Crippen molar-refractivity contribution in [1.82, 2.24) is 4.90 Å². The molecule has 88 valence electrons. The number of carbonyl (C=O) groups is 1. The summed E-state index contributed by atoms with van der Waals surface area (Å²) in [6.45, 7) is 8.29. The third kappa shape index (κ3) is 3.47. The van der Waals surface area contributed by atoms with Crippen molar-refractivity contribution in [2.75, 3.05) is 19.7 Å². The second kappa shape index (κ2) is 5.47. The molecule has 2 N–H and O–H groups in total. The first-order valence-electron chi connectivity index (χ1n) is 5.70. The highest BCUT2D eigenvalue weighted by atomic mass is 16.5. The Morgan fingerprint density at radius 2 is 2.27 bits per heavy atom. The van der Waals surface area contributed by atoms with Gasteiger partial charge in [-0.25, -0.2) is 0 Å². The van der Waals surface area contributed by atoms with Crippen LogP contribution in [0.2, 0.25) is 0 Å². The Labute approximate surface area is 91.8 Å². The molecule has 1 saturated heterocycles. The average molecular weight is 214 g/mol. The van der Waals surface area contributed by atoms with Crippen LogP contribution in [0.25, 0.3) is 0 Å². The SMILES string of the molecule is CCOC(=O)C1CC(N)CN1CC(C)C. The van der Waals surface area contributed by atoms with Crippen molar-refractivity contribution in [3.05, 3.63) is 0 Å². The van der Waals surface area contributed by atoms with Crippen molar-refractivity contribution < 1.29 is 9.53 Å². The summed E-state index contributed by atoms with van der Waals surface area (Å²) in [5.74, 6) is 0.429. The van der Waals surface area contributed by atoms with Crippen LogP contribution in [-0.2, 0) is 9.53 Å². The lowest BCUT2D eigenvalue weighted by molar-refractivity contribution is -0.148. The van der Waals surface area contributed by atoms with E-state index in [1.807, 2.05) is 6.92 Å². The van der Waals surface area contributed by atoms with Gasteiger partial charge in [-0.05, 0) is 19.3 Å². The molecule has 4 nitrogen and oxygen atoms in total. The van der Waals surface area contributed by atoms with Crippen molar-refractivity contribution in [2.45, 2.75) is 39.3 Å². The predicted molar refractivity (Wildman–Crippen MR) is 59.4 cm³/mol. The van der Waals surface area contributed by atoms with E-state index in [4.69, 9.17) is 10.5 Å². The lowest BCUT2D eigenvalue weighted by Gasteiger charge is -2.24. The van der Waals surface area contributed by atoms with E-state index in [-0.39, 0.29) is 18.1 Å². The smallest absolute Gasteiger partial charge is 0.323 e. The van der Waals surface area contributed by atoms with Gasteiger partial charge in [0, 0.05) is 19.1 Å². The van der Waals surface area contributed by atoms with Gasteiger partial charge < -0.3 is 10.5 Å². The lowest BCUT2D eigenvalue weighted by atomic mass is 10.1. The first kappa shape index (κ1) is 12.5. The fourth-order valence-electron chi connectivity index (χ4n) is 2.09. The summed E-state index contributed by atoms with van der Waals surface area (Å²) >= 11 is 0. The van der Waals surface area contributed by atoms with Crippen LogP contribution in [0.4, 0.5) is 0 Å². The summed E-state index contributed by atoms with van der Waals surface area (Å²) in [6, 6.07) is -0.0134. The molecular weight excluding hydrogens is 192 g/mol. The highest BCUT2D eigenvalue weighted by molar-refractivity contribution is 5.76. The van der Waals surface area contributed by atoms with E-state index in [9.17, 15) is 4.79 Å². The van der Waals surface area contributed by atoms with Crippen LogP contribution in [0.3, 0.4) is 0 Å². The van der Waals surface area contributed by atoms with Crippen LogP contribution in [-0.4, -0.2) is 42.6 Å². The molecule has 1 rings (SSSR count). The number of hydrogen-bond donors (Lipinski definition) is 1. The molecule has 0 bridgehead atoms. The molecule has 1 fully saturated rings. The molecule has 4 heteroatoms. The van der Waals surface area contributed by atoms with Crippen LogP contribution in [0.1, 0.15) is 27.2 Å². The van der Waals surface area contributed by atoms with Crippen LogP contribution < -0.4 is 5.73 Å². The van der Waals surface area contributed by atoms with Gasteiger partial charge in [0.1, 0.15) is 6.04 Å². The maximum absolute atomic E-state index is 11.7. The number of likely N-dealkylation sites (tertiary alicyclic amines) is 1. The molecule has 0 aliphatic carbocycles. The Kier molecular flexibility index (Phi) is 4.54. The van der Waals surface area contributed by atoms with Gasteiger partial charge in [0.25, 0.3) is 0 Å². The van der Waals surface area contributed by atoms with Gasteiger partial charge in [-0.1, -0.05) is 13.8 Å². The molecule has 0 amide bonds. The predicted octanol–water partition coefficient (Wildman–Crippen LogP) is 0.607. The number of hydrogen-bond acceptors (Lipinski definition) is 4. The number of rotatable bonds is 4. The molecule has 0 aromatic carbocycles. The minimum absolute atomic E-state index is 0.109. The highest BCUT2D eigenvalue weighted by Gasteiger charge is 2.36. The van der Waals surface area contributed by atoms with E-state index in [1.54, 1.807) is 0 Å². The molecule has 1 aliphatic rings. The number of nitrogens with zero attached hydrogens (tertiary/aromatic N) is 1. The van der Waals surface area contributed by atoms with Gasteiger partial charge in [0.05, 0.1) is 6.61 Å². The van der Waals surface area contributed by atoms with Gasteiger partial charge in [-0.3, -0.25) is 9.69 Å². The zero-order valence-corrected chi connectivity index (χ0v) is 9.90. The Bertz CT molecular complexity index is 219. The molecule has 15 heavy (non-hydrogen) atoms. The first-order valence-corrected chi connectivity index (χ1v) is 5.70. The monoisotopic (exact) mass is 214 g/mol. The molecule has 0 aromatic rings. The minimum Gasteiger partial charge on any atom is -0.465 e. The molecule has 0 aromatic heterocycles. The molecule has 0 saturated carbocycles. The summed E-state index contributed by atoms with van der Waals surface area (Å²) in [7, 11) is 0. The summed E-state index contributed by atoms with van der Waals surface area (Å²) in [6.07, 6.45) is 0.728. The second-order valence-electron chi connectivity index (χ2n) is 4.61. The summed E-state index contributed by atoms with van der Waals surface area (Å²) in [4.78, 5) is 13.8. The van der Waals surface area contributed by atoms with Crippen LogP contribution in [0.5, 0.6) is 0 Å². The van der Waals surface area contributed by atoms with E-state index in [2.05, 4.69) is 18.7 Å². The standard InChI is InChI=1S/C11H22N2O2/c1-4-15-11(14)10-5-9(12)7-13(10)6-8(2)3/h8-10H,4-7,12H2,1-3H3. The molecule has 1 heterocycles. The van der Waals surface area contributed by atoms with E-state index < -0.39 is 0 Å². The second-order valence-corrected chi connectivity index (χ2v) is 4.61. The van der Waals surface area contributed by atoms with Crippen LogP contribution >= 0.6 is 0 Å². The molecular formula is C11H22N2O2. The van der Waals surface area contributed by atoms with Crippen molar-refractivity contribution in [1.29, 1.82) is 0 Å². The molecule has 2 atom stereocenters. The van der Waals surface area contributed by atoms with Gasteiger partial charge in [0.15, 0.2) is 0 Å². The third-order valence-corrected chi connectivity index (χ3v) is 2.59. The third-order valence-electron chi connectivity index (χ3n) is 2.59. The number of ether oxygens (including phenoxy) is 1. The Balaban J connectivity index is 2.56. The van der Waals surface area contributed by atoms with E-state index >= 15 is 0 Å². The summed E-state index contributed by atoms with van der Waals surface area (Å²) in [5.41, 5.74) is 5.88. The van der Waals surface area contributed by atoms with Gasteiger partial charge in [0.2, 0.25) is 0 Å². The van der Waals surface area contributed by atoms with Gasteiger partial charge in [-0.2, -0.15) is 0 Å². The maximum atomic E-state index is 11.7. The van der Waals surface area contributed by atoms with E-state index in [0.29, 0.717) is 12.5 Å². The lowest BCUT2D eigenvalue weighted by Crippen LogP contribution is -2.39. The minimum atomic E-state index is -0.123. The molecule has 1 aliphatic heterocycles. The van der Waals surface area contributed by atoms with Gasteiger partial charge >= 0.3 is 5.97 Å². The molecule has 0 radical (unpaired) electrons. The topological polar surface area (TPSA) is 55.6 Å². The summed E-state index contributed by atoms with van der Waals surface area (Å²) < 4.78 is 5.05. The fourth-order valence-corrected chi connectivity index (χ4v) is 2.09. The van der Waals surface area contributed by atoms with E-state index in [0.717, 1.165) is 19.5 Å². The number of esters is 1. The zero-order chi connectivity index (χ0) is 11.4. The number of nitrogens with two attached hydrogens (primary N) is 1. The van der Waals surface area contributed by atoms with Crippen LogP contribution in [0, 0.1) is 5.92 Å². The Morgan fingerprint density at radius 1 is 1.60 bits per heavy atom. The van der Waals surface area contributed by atoms with Gasteiger partial charge in [-0.15, -0.1) is 0 Å². The van der Waals surface area contributed by atoms with Crippen molar-refractivity contribution in [2.24, 2.45) is 11.7 Å². The normalized spacial score (nSPS) is 27.3. The number of carbonyl (C=O) groups excluding carboxylic acids is 1. The van der Waals surface area contributed by atoms with Crippen molar-refractivity contribution in [3.63, 3.8) is 0 Å². The van der Waals surface area contributed by atoms with Crippen LogP contribution in [0.15, 0.2) is 0 Å². The first-order chi connectivity index (χ1) is 7.04. The average Bonchev–Trinajstić information content (AvgIpc) is 2.46. The quantitative estimate of drug-likeness (QED) is 0.697. The largest absolute Gasteiger partial charge is 0.465 e. The maximum Gasteiger partial charge on any atom is 0.323 e. The Hall–Kier alpha value is -0.610. The van der Waals surface area contributed by atoms with Crippen molar-refractivity contribution >= 4 is 5.97 Å². The summed E-state index contributed by atoms with van der Waals surface area (Å²) in [5, 5.41) is 0. The van der Waals surface area contributed by atoms with Crippen molar-refractivity contribution in [3.8, 4) is 0 Å². The molecule has 2 unspecified atom stereocenters. The molecule has 0 spiro atoms. The zero-order valence-electron chi connectivity index (χ0n) is 9.90. The van der Waals surface area contributed by atoms with E-state index in [1.165, 1.54) is 0 Å².